The lowest BCUT2D eigenvalue weighted by Gasteiger charge is -2.27. The average molecular weight is 283 g/mol. The molecule has 1 N–H and O–H groups in total. The van der Waals surface area contributed by atoms with Crippen molar-refractivity contribution in [3.05, 3.63) is 53.6 Å². The van der Waals surface area contributed by atoms with Crippen LogP contribution in [-0.2, 0) is 6.42 Å². The molecule has 0 saturated heterocycles. The molecule has 21 heavy (non-hydrogen) atoms. The molecule has 0 amide bonds. The van der Waals surface area contributed by atoms with Crippen molar-refractivity contribution < 1.29 is 9.47 Å². The molecule has 0 spiro atoms. The van der Waals surface area contributed by atoms with Crippen molar-refractivity contribution in [2.45, 2.75) is 18.8 Å². The lowest BCUT2D eigenvalue weighted by molar-refractivity contribution is 0.397. The molecular formula is C18H21NO2. The van der Waals surface area contributed by atoms with Gasteiger partial charge in [0.05, 0.1) is 14.2 Å². The van der Waals surface area contributed by atoms with Crippen molar-refractivity contribution in [3.8, 4) is 11.5 Å². The van der Waals surface area contributed by atoms with E-state index < -0.39 is 0 Å². The summed E-state index contributed by atoms with van der Waals surface area (Å²) in [6.07, 6.45) is 2.11. The van der Waals surface area contributed by atoms with Crippen LogP contribution in [-0.4, -0.2) is 20.8 Å². The maximum atomic E-state index is 5.50. The van der Waals surface area contributed by atoms with Gasteiger partial charge in [0.1, 0.15) is 11.5 Å². The molecular weight excluding hydrogens is 262 g/mol. The average Bonchev–Trinajstić information content (AvgIpc) is 2.55. The number of para-hydroxylation sites is 1. The van der Waals surface area contributed by atoms with Gasteiger partial charge in [0.15, 0.2) is 0 Å². The summed E-state index contributed by atoms with van der Waals surface area (Å²) in [4.78, 5) is 0. The van der Waals surface area contributed by atoms with E-state index in [-0.39, 0.29) is 0 Å². The summed E-state index contributed by atoms with van der Waals surface area (Å²) >= 11 is 0. The van der Waals surface area contributed by atoms with Gasteiger partial charge in [-0.1, -0.05) is 18.2 Å². The molecule has 2 aromatic rings. The predicted molar refractivity (Wildman–Crippen MR) is 85.5 cm³/mol. The van der Waals surface area contributed by atoms with Crippen molar-refractivity contribution in [2.75, 3.05) is 26.1 Å². The van der Waals surface area contributed by atoms with Gasteiger partial charge in [-0.2, -0.15) is 0 Å². The normalized spacial score (nSPS) is 16.8. The minimum atomic E-state index is 0.517. The molecule has 3 nitrogen and oxygen atoms in total. The third-order valence-corrected chi connectivity index (χ3v) is 4.16. The minimum absolute atomic E-state index is 0.517. The Balaban J connectivity index is 1.90. The van der Waals surface area contributed by atoms with Gasteiger partial charge >= 0.3 is 0 Å². The minimum Gasteiger partial charge on any atom is -0.497 e. The van der Waals surface area contributed by atoms with E-state index in [1.807, 2.05) is 12.1 Å². The lowest BCUT2D eigenvalue weighted by atomic mass is 9.85. The van der Waals surface area contributed by atoms with Gasteiger partial charge in [-0.15, -0.1) is 0 Å². The van der Waals surface area contributed by atoms with Gasteiger partial charge in [-0.25, -0.2) is 0 Å². The van der Waals surface area contributed by atoms with Crippen LogP contribution in [0.2, 0.25) is 0 Å². The molecule has 0 aliphatic carbocycles. The second kappa shape index (κ2) is 6.08. The number of ether oxygens (including phenoxy) is 2. The Bertz CT molecular complexity index is 624. The number of benzene rings is 2. The maximum absolute atomic E-state index is 5.50. The van der Waals surface area contributed by atoms with Crippen LogP contribution in [0.1, 0.15) is 23.5 Å². The molecule has 2 aromatic carbocycles. The molecule has 3 heteroatoms. The molecule has 0 bridgehead atoms. The summed E-state index contributed by atoms with van der Waals surface area (Å²) in [5.74, 6) is 2.34. The number of nitrogens with one attached hydrogen (secondary N) is 1. The van der Waals surface area contributed by atoms with E-state index in [0.717, 1.165) is 30.9 Å². The first-order chi connectivity index (χ1) is 10.3. The van der Waals surface area contributed by atoms with Crippen molar-refractivity contribution in [2.24, 2.45) is 0 Å². The van der Waals surface area contributed by atoms with Gasteiger partial charge in [0.25, 0.3) is 0 Å². The predicted octanol–water partition coefficient (Wildman–Crippen LogP) is 3.85. The summed E-state index contributed by atoms with van der Waals surface area (Å²) in [5, 5.41) is 3.47. The van der Waals surface area contributed by atoms with Crippen LogP contribution in [0.25, 0.3) is 0 Å². The van der Waals surface area contributed by atoms with E-state index >= 15 is 0 Å². The van der Waals surface area contributed by atoms with Crippen LogP contribution in [0.5, 0.6) is 11.5 Å². The SMILES string of the molecule is COc1ccc(OC)c(CC2CCNc3ccccc32)c1. The van der Waals surface area contributed by atoms with Crippen LogP contribution in [0, 0.1) is 0 Å². The summed E-state index contributed by atoms with van der Waals surface area (Å²) in [6.45, 7) is 1.02. The summed E-state index contributed by atoms with van der Waals surface area (Å²) < 4.78 is 10.8. The third kappa shape index (κ3) is 2.82. The third-order valence-electron chi connectivity index (χ3n) is 4.16. The Labute approximate surface area is 125 Å². The maximum Gasteiger partial charge on any atom is 0.122 e. The Kier molecular flexibility index (Phi) is 4.00. The highest BCUT2D eigenvalue weighted by Gasteiger charge is 2.21. The Morgan fingerprint density at radius 3 is 2.76 bits per heavy atom. The number of methoxy groups -OCH3 is 2. The molecule has 1 aliphatic heterocycles. The van der Waals surface area contributed by atoms with Crippen LogP contribution < -0.4 is 14.8 Å². The number of hydrogen-bond donors (Lipinski definition) is 1. The topological polar surface area (TPSA) is 30.5 Å². The standard InChI is InChI=1S/C18H21NO2/c1-20-15-7-8-18(21-2)14(12-15)11-13-9-10-19-17-6-4-3-5-16(13)17/h3-8,12-13,19H,9-11H2,1-2H3. The Hall–Kier alpha value is -2.16. The highest BCUT2D eigenvalue weighted by atomic mass is 16.5. The number of rotatable bonds is 4. The van der Waals surface area contributed by atoms with E-state index in [4.69, 9.17) is 9.47 Å². The first-order valence-electron chi connectivity index (χ1n) is 7.35. The molecule has 1 unspecified atom stereocenters. The fraction of sp³-hybridized carbons (Fsp3) is 0.333. The first kappa shape index (κ1) is 13.8. The van der Waals surface area contributed by atoms with Crippen LogP contribution in [0.4, 0.5) is 5.69 Å². The fourth-order valence-corrected chi connectivity index (χ4v) is 3.07. The zero-order valence-electron chi connectivity index (χ0n) is 12.6. The summed E-state index contributed by atoms with van der Waals surface area (Å²) in [5.41, 5.74) is 3.86. The monoisotopic (exact) mass is 283 g/mol. The van der Waals surface area contributed by atoms with E-state index in [1.54, 1.807) is 14.2 Å². The van der Waals surface area contributed by atoms with Gasteiger partial charge < -0.3 is 14.8 Å². The van der Waals surface area contributed by atoms with Gasteiger partial charge in [-0.05, 0) is 54.2 Å². The van der Waals surface area contributed by atoms with Gasteiger partial charge in [-0.3, -0.25) is 0 Å². The lowest BCUT2D eigenvalue weighted by Crippen LogP contribution is -2.18. The zero-order valence-corrected chi connectivity index (χ0v) is 12.6. The Morgan fingerprint density at radius 2 is 1.95 bits per heavy atom. The van der Waals surface area contributed by atoms with E-state index in [9.17, 15) is 0 Å². The first-order valence-corrected chi connectivity index (χ1v) is 7.35. The molecule has 110 valence electrons. The highest BCUT2D eigenvalue weighted by molar-refractivity contribution is 5.55. The second-order valence-corrected chi connectivity index (χ2v) is 5.38. The molecule has 0 aromatic heterocycles. The van der Waals surface area contributed by atoms with Crippen molar-refractivity contribution in [1.29, 1.82) is 0 Å². The van der Waals surface area contributed by atoms with E-state index in [1.165, 1.54) is 16.8 Å². The summed E-state index contributed by atoms with van der Waals surface area (Å²) in [7, 11) is 3.42. The Morgan fingerprint density at radius 1 is 1.10 bits per heavy atom. The van der Waals surface area contributed by atoms with Crippen molar-refractivity contribution in [3.63, 3.8) is 0 Å². The van der Waals surface area contributed by atoms with E-state index in [2.05, 4.69) is 35.6 Å². The molecule has 3 rings (SSSR count). The number of hydrogen-bond acceptors (Lipinski definition) is 3. The van der Waals surface area contributed by atoms with Crippen molar-refractivity contribution >= 4 is 5.69 Å². The van der Waals surface area contributed by atoms with Crippen LogP contribution in [0.3, 0.4) is 0 Å². The van der Waals surface area contributed by atoms with Crippen LogP contribution in [0.15, 0.2) is 42.5 Å². The molecule has 0 radical (unpaired) electrons. The molecule has 1 aliphatic rings. The molecule has 1 atom stereocenters. The largest absolute Gasteiger partial charge is 0.497 e. The van der Waals surface area contributed by atoms with E-state index in [0.29, 0.717) is 5.92 Å². The van der Waals surface area contributed by atoms with Crippen LogP contribution >= 0.6 is 0 Å². The van der Waals surface area contributed by atoms with Crippen molar-refractivity contribution in [1.82, 2.24) is 0 Å². The molecule has 0 fully saturated rings. The highest BCUT2D eigenvalue weighted by Crippen LogP contribution is 2.36. The zero-order chi connectivity index (χ0) is 14.7. The molecule has 1 heterocycles. The smallest absolute Gasteiger partial charge is 0.122 e. The quantitative estimate of drug-likeness (QED) is 0.924. The number of fused-ring (bicyclic) bond motifs is 1. The summed E-state index contributed by atoms with van der Waals surface area (Å²) in [6, 6.07) is 14.6. The number of anilines is 1. The second-order valence-electron chi connectivity index (χ2n) is 5.38. The van der Waals surface area contributed by atoms with Gasteiger partial charge in [0, 0.05) is 12.2 Å². The van der Waals surface area contributed by atoms with Gasteiger partial charge in [0.2, 0.25) is 0 Å². The fourth-order valence-electron chi connectivity index (χ4n) is 3.07. The molecule has 0 saturated carbocycles.